The Kier molecular flexibility index (Phi) is 10.8. The van der Waals surface area contributed by atoms with Crippen molar-refractivity contribution in [2.24, 2.45) is 11.1 Å². The zero-order valence-electron chi connectivity index (χ0n) is 22.6. The minimum atomic E-state index is -0.785. The maximum atomic E-state index is 12.6. The van der Waals surface area contributed by atoms with Crippen molar-refractivity contribution in [3.8, 4) is 0 Å². The molecule has 8 heteroatoms. The molecule has 0 unspecified atom stereocenters. The first-order valence-electron chi connectivity index (χ1n) is 13.7. The number of halogens is 2. The molecule has 0 N–H and O–H groups in total. The van der Waals surface area contributed by atoms with Crippen LogP contribution in [0.3, 0.4) is 0 Å². The van der Waals surface area contributed by atoms with Gasteiger partial charge in [0.2, 0.25) is 0 Å². The predicted octanol–water partition coefficient (Wildman–Crippen LogP) is 8.50. The zero-order chi connectivity index (χ0) is 27.7. The third-order valence-electron chi connectivity index (χ3n) is 8.18. The van der Waals surface area contributed by atoms with Crippen molar-refractivity contribution in [3.63, 3.8) is 0 Å². The average Bonchev–Trinajstić information content (AvgIpc) is 2.98. The molecular formula is C30H38ClFN2O4. The number of carbonyl (C=O) groups excluding carboxylic acids is 2. The van der Waals surface area contributed by atoms with Gasteiger partial charge in [-0.3, -0.25) is 4.94 Å². The molecule has 4 rings (SSSR count). The van der Waals surface area contributed by atoms with Gasteiger partial charge in [-0.25, -0.2) is 4.79 Å². The first-order valence-corrected chi connectivity index (χ1v) is 14.1. The Hall–Kier alpha value is -2.80. The number of carbonyl (C=O) groups is 2. The van der Waals surface area contributed by atoms with Crippen molar-refractivity contribution in [1.82, 2.24) is 0 Å². The van der Waals surface area contributed by atoms with Crippen LogP contribution in [-0.2, 0) is 26.5 Å². The summed E-state index contributed by atoms with van der Waals surface area (Å²) in [5, 5.41) is 3.55. The van der Waals surface area contributed by atoms with E-state index in [0.29, 0.717) is 23.4 Å². The molecule has 2 aromatic carbocycles. The normalized spacial score (nSPS) is 20.4. The van der Waals surface area contributed by atoms with Crippen LogP contribution in [0.15, 0.2) is 41.6 Å². The first kappa shape index (κ1) is 29.8. The molecule has 0 aromatic heterocycles. The maximum absolute atomic E-state index is 12.6. The molecule has 0 spiro atoms. The van der Waals surface area contributed by atoms with Gasteiger partial charge in [-0.1, -0.05) is 68.1 Å². The van der Waals surface area contributed by atoms with Gasteiger partial charge >= 0.3 is 5.97 Å². The second-order valence-electron chi connectivity index (χ2n) is 10.1. The van der Waals surface area contributed by atoms with Crippen molar-refractivity contribution < 1.29 is 19.1 Å². The molecule has 0 atom stereocenters. The highest BCUT2D eigenvalue weighted by molar-refractivity contribution is 6.31. The summed E-state index contributed by atoms with van der Waals surface area (Å²) in [4.78, 5) is 40.8. The van der Waals surface area contributed by atoms with Crippen LogP contribution < -0.4 is 4.90 Å². The molecule has 6 nitrogen and oxygen atoms in total. The minimum absolute atomic E-state index is 0.0537. The molecule has 2 aliphatic rings. The summed E-state index contributed by atoms with van der Waals surface area (Å²) in [5.74, 6) is -0.978. The van der Waals surface area contributed by atoms with Gasteiger partial charge in [0.25, 0.3) is 0 Å². The van der Waals surface area contributed by atoms with Gasteiger partial charge in [-0.15, -0.1) is 0 Å². The lowest BCUT2D eigenvalue weighted by Crippen LogP contribution is -2.33. The molecule has 0 amide bonds. The van der Waals surface area contributed by atoms with E-state index in [2.05, 4.69) is 28.3 Å². The van der Waals surface area contributed by atoms with E-state index in [0.717, 1.165) is 73.7 Å². The Bertz CT molecular complexity index is 1110. The fraction of sp³-hybridized carbons (Fsp3) is 0.533. The highest BCUT2D eigenvalue weighted by Gasteiger charge is 2.37. The summed E-state index contributed by atoms with van der Waals surface area (Å²) < 4.78 is 12.4. The van der Waals surface area contributed by atoms with E-state index >= 15 is 0 Å². The Morgan fingerprint density at radius 2 is 1.79 bits per heavy atom. The SMILES string of the molecule is CC.CN(c1cc(C2CCC(C(=O)OF)CC2)ccc1C1(C=O)CCCCC1)c1cccc(Cl)c1CN=O. The molecule has 0 heterocycles. The molecule has 2 aliphatic carbocycles. The van der Waals surface area contributed by atoms with Gasteiger partial charge in [0.1, 0.15) is 12.8 Å². The zero-order valence-corrected chi connectivity index (χ0v) is 23.3. The van der Waals surface area contributed by atoms with Crippen molar-refractivity contribution in [1.29, 1.82) is 0 Å². The summed E-state index contributed by atoms with van der Waals surface area (Å²) in [6.07, 6.45) is 8.45. The highest BCUT2D eigenvalue weighted by Crippen LogP contribution is 2.46. The minimum Gasteiger partial charge on any atom is -0.344 e. The summed E-state index contributed by atoms with van der Waals surface area (Å²) in [6, 6.07) is 11.8. The monoisotopic (exact) mass is 544 g/mol. The van der Waals surface area contributed by atoms with Gasteiger partial charge in [-0.05, 0) is 73.8 Å². The van der Waals surface area contributed by atoms with E-state index in [4.69, 9.17) is 11.6 Å². The fourth-order valence-corrected chi connectivity index (χ4v) is 6.30. The predicted molar refractivity (Wildman–Crippen MR) is 150 cm³/mol. The second kappa shape index (κ2) is 13.8. The maximum Gasteiger partial charge on any atom is 0.351 e. The molecule has 206 valence electrons. The highest BCUT2D eigenvalue weighted by atomic mass is 35.5. The molecule has 0 aliphatic heterocycles. The number of hydrogen-bond donors (Lipinski definition) is 0. The molecule has 2 aromatic rings. The Morgan fingerprint density at radius 3 is 2.39 bits per heavy atom. The first-order chi connectivity index (χ1) is 18.4. The fourth-order valence-electron chi connectivity index (χ4n) is 6.07. The topological polar surface area (TPSA) is 76.0 Å². The number of benzene rings is 2. The van der Waals surface area contributed by atoms with Crippen LogP contribution in [0.2, 0.25) is 5.02 Å². The third kappa shape index (κ3) is 6.25. The van der Waals surface area contributed by atoms with E-state index in [1.807, 2.05) is 37.9 Å². The largest absolute Gasteiger partial charge is 0.351 e. The van der Waals surface area contributed by atoms with Crippen LogP contribution in [0.5, 0.6) is 0 Å². The Labute approximate surface area is 229 Å². The van der Waals surface area contributed by atoms with E-state index in [-0.39, 0.29) is 12.5 Å². The molecule has 0 saturated heterocycles. The van der Waals surface area contributed by atoms with Gasteiger partial charge in [0.05, 0.1) is 11.3 Å². The standard InChI is InChI=1S/C28H32ClFN2O4.C2H6/c1-32(25-7-5-6-24(29)22(25)17-31-35)26-16-21(19-8-10-20(11-9-19)27(34)36-30)12-13-23(26)28(18-33)14-3-2-4-15-28;1-2/h5-7,12-13,16,18-20H,2-4,8-11,14-15,17H2,1H3;1-2H3. The summed E-state index contributed by atoms with van der Waals surface area (Å²) in [5.41, 5.74) is 3.84. The van der Waals surface area contributed by atoms with Crippen LogP contribution in [-0.4, -0.2) is 19.3 Å². The molecule has 0 bridgehead atoms. The van der Waals surface area contributed by atoms with Crippen LogP contribution in [0.4, 0.5) is 15.9 Å². The van der Waals surface area contributed by atoms with E-state index < -0.39 is 17.3 Å². The number of nitroso groups, excluding NO2 is 1. The molecule has 38 heavy (non-hydrogen) atoms. The number of aldehydes is 1. The smallest absolute Gasteiger partial charge is 0.344 e. The van der Waals surface area contributed by atoms with Gasteiger partial charge in [0, 0.05) is 33.5 Å². The average molecular weight is 545 g/mol. The Morgan fingerprint density at radius 1 is 1.11 bits per heavy atom. The van der Waals surface area contributed by atoms with E-state index in [9.17, 15) is 19.0 Å². The third-order valence-corrected chi connectivity index (χ3v) is 8.53. The van der Waals surface area contributed by atoms with Crippen LogP contribution in [0.25, 0.3) is 0 Å². The number of anilines is 2. The molecule has 0 radical (unpaired) electrons. The lowest BCUT2D eigenvalue weighted by atomic mass is 9.69. The van der Waals surface area contributed by atoms with Crippen molar-refractivity contribution >= 4 is 35.2 Å². The number of nitrogens with zero attached hydrogens (tertiary/aromatic N) is 2. The van der Waals surface area contributed by atoms with E-state index in [1.54, 1.807) is 6.07 Å². The van der Waals surface area contributed by atoms with Crippen molar-refractivity contribution in [3.05, 3.63) is 63.0 Å². The summed E-state index contributed by atoms with van der Waals surface area (Å²) >= 11 is 6.44. The number of rotatable bonds is 8. The summed E-state index contributed by atoms with van der Waals surface area (Å²) in [6.45, 7) is 3.95. The van der Waals surface area contributed by atoms with Crippen LogP contribution in [0.1, 0.15) is 94.2 Å². The Balaban J connectivity index is 0.00000195. The molecule has 2 fully saturated rings. The quantitative estimate of drug-likeness (QED) is 0.246. The van der Waals surface area contributed by atoms with Gasteiger partial charge in [-0.2, -0.15) is 4.91 Å². The number of hydrogen-bond acceptors (Lipinski definition) is 6. The molecular weight excluding hydrogens is 507 g/mol. The van der Waals surface area contributed by atoms with Gasteiger partial charge in [0.15, 0.2) is 0 Å². The second-order valence-corrected chi connectivity index (χ2v) is 10.5. The van der Waals surface area contributed by atoms with E-state index in [1.165, 1.54) is 0 Å². The van der Waals surface area contributed by atoms with Crippen LogP contribution >= 0.6 is 11.6 Å². The van der Waals surface area contributed by atoms with Gasteiger partial charge < -0.3 is 9.69 Å². The van der Waals surface area contributed by atoms with Crippen LogP contribution in [0, 0.1) is 10.8 Å². The summed E-state index contributed by atoms with van der Waals surface area (Å²) in [7, 11) is 1.93. The van der Waals surface area contributed by atoms with Crippen molar-refractivity contribution in [2.45, 2.75) is 89.5 Å². The molecule has 2 saturated carbocycles. The lowest BCUT2D eigenvalue weighted by molar-refractivity contribution is -0.190. The lowest BCUT2D eigenvalue weighted by Gasteiger charge is -2.37. The van der Waals surface area contributed by atoms with Crippen molar-refractivity contribution in [2.75, 3.05) is 11.9 Å².